The molecular weight excluding hydrogens is 106 g/mol. The van der Waals surface area contributed by atoms with Gasteiger partial charge >= 0.3 is 0 Å². The van der Waals surface area contributed by atoms with Gasteiger partial charge in [-0.3, -0.25) is 10.2 Å². The van der Waals surface area contributed by atoms with Gasteiger partial charge in [-0.2, -0.15) is 0 Å². The number of hydrogen-bond donors (Lipinski definition) is 2. The molecule has 0 aromatic heterocycles. The molecule has 8 heavy (non-hydrogen) atoms. The van der Waals surface area contributed by atoms with E-state index in [2.05, 4.69) is 5.43 Å². The lowest BCUT2D eigenvalue weighted by molar-refractivity contribution is -0.119. The molecule has 0 fully saturated rings. The Labute approximate surface area is 48.6 Å². The first-order valence-corrected chi connectivity index (χ1v) is 2.33. The van der Waals surface area contributed by atoms with Crippen molar-refractivity contribution in [1.29, 1.82) is 0 Å². The van der Waals surface area contributed by atoms with E-state index in [-0.39, 0.29) is 12.5 Å². The normalized spacial score (nSPS) is 9.88. The molecule has 4 heteroatoms. The molecule has 3 N–H and O–H groups in total. The molecule has 0 aliphatic rings. The zero-order valence-electron chi connectivity index (χ0n) is 5.14. The van der Waals surface area contributed by atoms with Crippen molar-refractivity contribution in [3.63, 3.8) is 0 Å². The van der Waals surface area contributed by atoms with Gasteiger partial charge < -0.3 is 5.73 Å². The average Bonchev–Trinajstić information content (AvgIpc) is 1.65. The summed E-state index contributed by atoms with van der Waals surface area (Å²) in [7, 11) is 3.47. The maximum Gasteiger partial charge on any atom is 0.233 e. The lowest BCUT2D eigenvalue weighted by Crippen LogP contribution is -2.38. The first-order chi connectivity index (χ1) is 3.66. The third-order valence-electron chi connectivity index (χ3n) is 0.775. The zero-order valence-corrected chi connectivity index (χ0v) is 5.14. The van der Waals surface area contributed by atoms with Crippen molar-refractivity contribution in [2.75, 3.05) is 20.6 Å². The van der Waals surface area contributed by atoms with Crippen molar-refractivity contribution in [2.24, 2.45) is 5.73 Å². The molecule has 0 rings (SSSR count). The predicted molar refractivity (Wildman–Crippen MR) is 30.9 cm³/mol. The second-order valence-corrected chi connectivity index (χ2v) is 1.55. The van der Waals surface area contributed by atoms with Gasteiger partial charge in [0.05, 0.1) is 6.54 Å². The minimum atomic E-state index is -0.332. The Morgan fingerprint density at radius 1 is 1.88 bits per heavy atom. The summed E-state index contributed by atoms with van der Waals surface area (Å²) in [6.45, 7) is 0.247. The Bertz CT molecular complexity index is 83.4. The standard InChI is InChI=1S/C4H11N3O/c1-6-7(2)3-4(5)8/h6H,3H2,1-2H3,(H2,5,8). The number of nitrogens with two attached hydrogens (primary N) is 1. The SMILES string of the molecule is CNN(C)CC(N)=O. The monoisotopic (exact) mass is 117 g/mol. The largest absolute Gasteiger partial charge is 0.369 e. The number of rotatable bonds is 3. The van der Waals surface area contributed by atoms with Crippen molar-refractivity contribution in [2.45, 2.75) is 0 Å². The summed E-state index contributed by atoms with van der Waals surface area (Å²) in [5.74, 6) is -0.332. The van der Waals surface area contributed by atoms with E-state index in [9.17, 15) is 4.79 Å². The van der Waals surface area contributed by atoms with E-state index >= 15 is 0 Å². The highest BCUT2D eigenvalue weighted by atomic mass is 16.1. The molecule has 48 valence electrons. The molecule has 0 atom stereocenters. The second-order valence-electron chi connectivity index (χ2n) is 1.55. The summed E-state index contributed by atoms with van der Waals surface area (Å²) < 4.78 is 0. The van der Waals surface area contributed by atoms with Crippen molar-refractivity contribution >= 4 is 5.91 Å². The molecule has 0 radical (unpaired) electrons. The van der Waals surface area contributed by atoms with E-state index in [0.29, 0.717) is 0 Å². The van der Waals surface area contributed by atoms with E-state index in [1.165, 1.54) is 0 Å². The van der Waals surface area contributed by atoms with Crippen LogP contribution in [0.4, 0.5) is 0 Å². The molecule has 4 nitrogen and oxygen atoms in total. The molecular formula is C4H11N3O. The summed E-state index contributed by atoms with van der Waals surface area (Å²) in [5, 5.41) is 1.60. The zero-order chi connectivity index (χ0) is 6.57. The fraction of sp³-hybridized carbons (Fsp3) is 0.750. The first-order valence-electron chi connectivity index (χ1n) is 2.33. The van der Waals surface area contributed by atoms with Gasteiger partial charge in [-0.05, 0) is 7.05 Å². The molecule has 0 unspecified atom stereocenters. The van der Waals surface area contributed by atoms with Gasteiger partial charge in [0.1, 0.15) is 0 Å². The van der Waals surface area contributed by atoms with Gasteiger partial charge in [-0.25, -0.2) is 5.01 Å². The highest BCUT2D eigenvalue weighted by Crippen LogP contribution is 1.67. The fourth-order valence-electron chi connectivity index (χ4n) is 0.313. The van der Waals surface area contributed by atoms with Gasteiger partial charge in [0.15, 0.2) is 0 Å². The van der Waals surface area contributed by atoms with Crippen molar-refractivity contribution < 1.29 is 4.79 Å². The quantitative estimate of drug-likeness (QED) is 0.444. The molecule has 0 heterocycles. The Hall–Kier alpha value is -0.610. The molecule has 0 saturated carbocycles. The van der Waals surface area contributed by atoms with E-state index in [0.717, 1.165) is 0 Å². The van der Waals surface area contributed by atoms with E-state index in [4.69, 9.17) is 5.73 Å². The molecule has 0 aliphatic carbocycles. The predicted octanol–water partition coefficient (Wildman–Crippen LogP) is -1.46. The summed E-state index contributed by atoms with van der Waals surface area (Å²) in [6.07, 6.45) is 0. The highest BCUT2D eigenvalue weighted by Gasteiger charge is 1.96. The molecule has 0 saturated heterocycles. The van der Waals surface area contributed by atoms with Crippen LogP contribution in [-0.2, 0) is 4.79 Å². The molecule has 0 bridgehead atoms. The third kappa shape index (κ3) is 3.58. The Morgan fingerprint density at radius 3 is 2.50 bits per heavy atom. The minimum Gasteiger partial charge on any atom is -0.369 e. The van der Waals surface area contributed by atoms with Crippen LogP contribution < -0.4 is 11.2 Å². The van der Waals surface area contributed by atoms with Crippen LogP contribution >= 0.6 is 0 Å². The van der Waals surface area contributed by atoms with Crippen LogP contribution in [0.25, 0.3) is 0 Å². The van der Waals surface area contributed by atoms with Gasteiger partial charge in [-0.1, -0.05) is 0 Å². The average molecular weight is 117 g/mol. The second kappa shape index (κ2) is 3.40. The third-order valence-corrected chi connectivity index (χ3v) is 0.775. The van der Waals surface area contributed by atoms with Crippen LogP contribution in [0, 0.1) is 0 Å². The van der Waals surface area contributed by atoms with E-state index < -0.39 is 0 Å². The van der Waals surface area contributed by atoms with Gasteiger partial charge in [-0.15, -0.1) is 0 Å². The number of primary amides is 1. The van der Waals surface area contributed by atoms with E-state index in [1.54, 1.807) is 19.1 Å². The summed E-state index contributed by atoms with van der Waals surface area (Å²) in [4.78, 5) is 10.1. The number of hydrazine groups is 1. The van der Waals surface area contributed by atoms with Crippen LogP contribution in [0.2, 0.25) is 0 Å². The maximum atomic E-state index is 10.1. The number of hydrogen-bond acceptors (Lipinski definition) is 3. The molecule has 0 aliphatic heterocycles. The van der Waals surface area contributed by atoms with Crippen LogP contribution in [0.1, 0.15) is 0 Å². The van der Waals surface area contributed by atoms with Crippen LogP contribution in [-0.4, -0.2) is 31.6 Å². The van der Waals surface area contributed by atoms with Crippen molar-refractivity contribution in [3.8, 4) is 0 Å². The van der Waals surface area contributed by atoms with Gasteiger partial charge in [0.2, 0.25) is 5.91 Å². The smallest absolute Gasteiger partial charge is 0.233 e. The Balaban J connectivity index is 3.24. The molecule has 0 aromatic rings. The lowest BCUT2D eigenvalue weighted by Gasteiger charge is -2.10. The molecule has 0 spiro atoms. The van der Waals surface area contributed by atoms with Gasteiger partial charge in [0.25, 0.3) is 0 Å². The Morgan fingerprint density at radius 2 is 2.38 bits per heavy atom. The fourth-order valence-corrected chi connectivity index (χ4v) is 0.313. The first kappa shape index (κ1) is 7.39. The molecule has 0 aromatic carbocycles. The van der Waals surface area contributed by atoms with Gasteiger partial charge in [0, 0.05) is 7.05 Å². The number of nitrogens with zero attached hydrogens (tertiary/aromatic N) is 1. The maximum absolute atomic E-state index is 10.1. The number of likely N-dealkylation sites (N-methyl/N-ethyl adjacent to an activating group) is 1. The van der Waals surface area contributed by atoms with Crippen molar-refractivity contribution in [1.82, 2.24) is 10.4 Å². The number of amides is 1. The number of carbonyl (C=O) groups excluding carboxylic acids is 1. The summed E-state index contributed by atoms with van der Waals surface area (Å²) >= 11 is 0. The van der Waals surface area contributed by atoms with E-state index in [1.807, 2.05) is 0 Å². The topological polar surface area (TPSA) is 58.4 Å². The summed E-state index contributed by atoms with van der Waals surface area (Å²) in [5.41, 5.74) is 7.58. The number of carbonyl (C=O) groups is 1. The van der Waals surface area contributed by atoms with Crippen LogP contribution in [0.5, 0.6) is 0 Å². The van der Waals surface area contributed by atoms with Crippen LogP contribution in [0.3, 0.4) is 0 Å². The lowest BCUT2D eigenvalue weighted by atomic mass is 10.6. The number of nitrogens with one attached hydrogen (secondary N) is 1. The summed E-state index contributed by atoms with van der Waals surface area (Å²) in [6, 6.07) is 0. The van der Waals surface area contributed by atoms with Crippen LogP contribution in [0.15, 0.2) is 0 Å². The minimum absolute atomic E-state index is 0.247. The van der Waals surface area contributed by atoms with Crippen molar-refractivity contribution in [3.05, 3.63) is 0 Å². The molecule has 1 amide bonds. The Kier molecular flexibility index (Phi) is 3.14. The highest BCUT2D eigenvalue weighted by molar-refractivity contribution is 5.75.